The van der Waals surface area contributed by atoms with E-state index in [9.17, 15) is 15.0 Å². The number of phenolic OH excluding ortho intramolecular Hbond substituents is 2. The Hall–Kier alpha value is -2.49. The number of hydrogen-bond acceptors (Lipinski definition) is 4. The molecule has 0 aliphatic carbocycles. The van der Waals surface area contributed by atoms with E-state index in [-0.39, 0.29) is 28.6 Å². The maximum absolute atomic E-state index is 12.7. The molecule has 0 aliphatic rings. The number of benzene rings is 2. The summed E-state index contributed by atoms with van der Waals surface area (Å²) in [5.74, 6) is -0.455. The Morgan fingerprint density at radius 2 is 1.90 bits per heavy atom. The molecule has 110 valence electrons. The molecule has 2 aromatic rings. The molecule has 0 aliphatic heterocycles. The van der Waals surface area contributed by atoms with E-state index in [4.69, 9.17) is 4.74 Å². The third-order valence-electron chi connectivity index (χ3n) is 3.54. The van der Waals surface area contributed by atoms with E-state index < -0.39 is 0 Å². The maximum atomic E-state index is 12.7. The lowest BCUT2D eigenvalue weighted by Crippen LogP contribution is -2.07. The zero-order valence-corrected chi connectivity index (χ0v) is 12.3. The highest BCUT2D eigenvalue weighted by atomic mass is 16.5. The van der Waals surface area contributed by atoms with Gasteiger partial charge in [0.25, 0.3) is 0 Å². The number of carbonyl (C=O) groups is 1. The number of ketones is 1. The number of hydrogen-bond donors (Lipinski definition) is 2. The van der Waals surface area contributed by atoms with Gasteiger partial charge < -0.3 is 14.9 Å². The largest absolute Gasteiger partial charge is 0.507 e. The van der Waals surface area contributed by atoms with Crippen LogP contribution >= 0.6 is 0 Å². The molecule has 0 bridgehead atoms. The Kier molecular flexibility index (Phi) is 4.17. The number of aryl methyl sites for hydroxylation is 1. The molecule has 4 nitrogen and oxygen atoms in total. The zero-order valence-electron chi connectivity index (χ0n) is 12.3. The molecule has 21 heavy (non-hydrogen) atoms. The quantitative estimate of drug-likeness (QED) is 0.847. The number of carbonyl (C=O) groups excluding carboxylic acids is 1. The third-order valence-corrected chi connectivity index (χ3v) is 3.54. The molecule has 0 radical (unpaired) electrons. The Morgan fingerprint density at radius 3 is 2.48 bits per heavy atom. The fourth-order valence-corrected chi connectivity index (χ4v) is 2.36. The molecule has 0 fully saturated rings. The Balaban J connectivity index is 2.68. The average molecular weight is 286 g/mol. The van der Waals surface area contributed by atoms with Crippen molar-refractivity contribution in [3.63, 3.8) is 0 Å². The van der Waals surface area contributed by atoms with Gasteiger partial charge in [-0.05, 0) is 18.9 Å². The number of rotatable bonds is 4. The predicted molar refractivity (Wildman–Crippen MR) is 80.3 cm³/mol. The highest BCUT2D eigenvalue weighted by molar-refractivity contribution is 6.13. The van der Waals surface area contributed by atoms with Crippen molar-refractivity contribution in [1.82, 2.24) is 0 Å². The van der Waals surface area contributed by atoms with Crippen molar-refractivity contribution in [2.24, 2.45) is 0 Å². The van der Waals surface area contributed by atoms with Gasteiger partial charge in [-0.3, -0.25) is 4.79 Å². The van der Waals surface area contributed by atoms with Crippen LogP contribution in [0.5, 0.6) is 17.2 Å². The van der Waals surface area contributed by atoms with E-state index in [1.54, 1.807) is 19.1 Å². The summed E-state index contributed by atoms with van der Waals surface area (Å²) >= 11 is 0. The van der Waals surface area contributed by atoms with Gasteiger partial charge >= 0.3 is 0 Å². The van der Waals surface area contributed by atoms with Gasteiger partial charge in [-0.25, -0.2) is 0 Å². The molecule has 0 amide bonds. The molecule has 0 spiro atoms. The molecule has 0 saturated heterocycles. The first-order valence-corrected chi connectivity index (χ1v) is 6.73. The summed E-state index contributed by atoms with van der Waals surface area (Å²) in [4.78, 5) is 12.7. The lowest BCUT2D eigenvalue weighted by molar-refractivity contribution is 0.103. The minimum Gasteiger partial charge on any atom is -0.507 e. The number of methoxy groups -OCH3 is 1. The standard InChI is InChI=1S/C17H18O4/c1-4-11-13(18)9-14(21-3)15(16(11)19)17(20)12-8-6-5-7-10(12)2/h5-9,18-19H,4H2,1-3H3. The summed E-state index contributed by atoms with van der Waals surface area (Å²) in [6, 6.07) is 8.51. The van der Waals surface area contributed by atoms with Gasteiger partial charge in [0.1, 0.15) is 22.8 Å². The Morgan fingerprint density at radius 1 is 1.24 bits per heavy atom. The van der Waals surface area contributed by atoms with E-state index in [2.05, 4.69) is 0 Å². The lowest BCUT2D eigenvalue weighted by Gasteiger charge is -2.15. The van der Waals surface area contributed by atoms with Gasteiger partial charge in [0, 0.05) is 17.2 Å². The summed E-state index contributed by atoms with van der Waals surface area (Å²) in [7, 11) is 1.40. The third kappa shape index (κ3) is 2.57. The van der Waals surface area contributed by atoms with Gasteiger partial charge in [0.05, 0.1) is 7.11 Å². The molecule has 0 aromatic heterocycles. The predicted octanol–water partition coefficient (Wildman–Crippen LogP) is 3.21. The smallest absolute Gasteiger partial charge is 0.200 e. The van der Waals surface area contributed by atoms with Crippen LogP contribution in [0.2, 0.25) is 0 Å². The van der Waals surface area contributed by atoms with Gasteiger partial charge in [-0.15, -0.1) is 0 Å². The van der Waals surface area contributed by atoms with Gasteiger partial charge in [-0.2, -0.15) is 0 Å². The molecular weight excluding hydrogens is 268 g/mol. The molecule has 0 unspecified atom stereocenters. The average Bonchev–Trinajstić information content (AvgIpc) is 2.47. The second kappa shape index (κ2) is 5.87. The first-order valence-electron chi connectivity index (χ1n) is 6.73. The maximum Gasteiger partial charge on any atom is 0.200 e. The van der Waals surface area contributed by atoms with Crippen LogP contribution in [0.1, 0.15) is 34.0 Å². The van der Waals surface area contributed by atoms with Crippen molar-refractivity contribution >= 4 is 5.78 Å². The summed E-state index contributed by atoms with van der Waals surface area (Å²) in [5, 5.41) is 20.2. The molecule has 2 rings (SSSR count). The fraction of sp³-hybridized carbons (Fsp3) is 0.235. The van der Waals surface area contributed by atoms with Crippen LogP contribution in [0.3, 0.4) is 0 Å². The molecule has 2 N–H and O–H groups in total. The SMILES string of the molecule is CCc1c(O)cc(OC)c(C(=O)c2ccccc2C)c1O. The topological polar surface area (TPSA) is 66.8 Å². The van der Waals surface area contributed by atoms with Crippen LogP contribution in [0.4, 0.5) is 0 Å². The second-order valence-corrected chi connectivity index (χ2v) is 4.80. The van der Waals surface area contributed by atoms with Crippen molar-refractivity contribution in [2.45, 2.75) is 20.3 Å². The van der Waals surface area contributed by atoms with Crippen LogP contribution in [0, 0.1) is 6.92 Å². The molecule has 0 heterocycles. The van der Waals surface area contributed by atoms with Crippen molar-refractivity contribution in [3.8, 4) is 17.2 Å². The van der Waals surface area contributed by atoms with E-state index in [1.807, 2.05) is 19.1 Å². The van der Waals surface area contributed by atoms with Gasteiger partial charge in [0.2, 0.25) is 5.78 Å². The van der Waals surface area contributed by atoms with Gasteiger partial charge in [0.15, 0.2) is 0 Å². The van der Waals surface area contributed by atoms with E-state index in [0.717, 1.165) is 5.56 Å². The normalized spacial score (nSPS) is 10.4. The first kappa shape index (κ1) is 14.9. The van der Waals surface area contributed by atoms with Crippen molar-refractivity contribution in [1.29, 1.82) is 0 Å². The number of phenols is 2. The molecule has 0 atom stereocenters. The lowest BCUT2D eigenvalue weighted by atomic mass is 9.95. The Bertz CT molecular complexity index is 689. The minimum atomic E-state index is -0.322. The van der Waals surface area contributed by atoms with Crippen LogP contribution in [0.25, 0.3) is 0 Å². The minimum absolute atomic E-state index is 0.0758. The molecule has 2 aromatic carbocycles. The first-order chi connectivity index (χ1) is 10.0. The van der Waals surface area contributed by atoms with E-state index in [0.29, 0.717) is 17.5 Å². The second-order valence-electron chi connectivity index (χ2n) is 4.80. The highest BCUT2D eigenvalue weighted by Gasteiger charge is 2.24. The molecule has 4 heteroatoms. The van der Waals surface area contributed by atoms with Crippen LogP contribution in [0.15, 0.2) is 30.3 Å². The van der Waals surface area contributed by atoms with Crippen molar-refractivity contribution in [3.05, 3.63) is 52.6 Å². The monoisotopic (exact) mass is 286 g/mol. The Labute approximate surface area is 123 Å². The van der Waals surface area contributed by atoms with Crippen LogP contribution < -0.4 is 4.74 Å². The van der Waals surface area contributed by atoms with Crippen molar-refractivity contribution < 1.29 is 19.7 Å². The highest BCUT2D eigenvalue weighted by Crippen LogP contribution is 2.39. The zero-order chi connectivity index (χ0) is 15.6. The van der Waals surface area contributed by atoms with Crippen LogP contribution in [-0.2, 0) is 6.42 Å². The van der Waals surface area contributed by atoms with E-state index >= 15 is 0 Å². The summed E-state index contributed by atoms with van der Waals surface area (Å²) in [5.41, 5.74) is 1.74. The summed E-state index contributed by atoms with van der Waals surface area (Å²) in [6.07, 6.45) is 0.412. The summed E-state index contributed by atoms with van der Waals surface area (Å²) < 4.78 is 5.15. The van der Waals surface area contributed by atoms with Crippen molar-refractivity contribution in [2.75, 3.05) is 7.11 Å². The molecular formula is C17H18O4. The fourth-order valence-electron chi connectivity index (χ4n) is 2.36. The van der Waals surface area contributed by atoms with Crippen LogP contribution in [-0.4, -0.2) is 23.1 Å². The molecule has 0 saturated carbocycles. The number of aromatic hydroxyl groups is 2. The van der Waals surface area contributed by atoms with E-state index in [1.165, 1.54) is 13.2 Å². The summed E-state index contributed by atoms with van der Waals surface area (Å²) in [6.45, 7) is 3.63. The number of ether oxygens (including phenoxy) is 1. The van der Waals surface area contributed by atoms with Gasteiger partial charge in [-0.1, -0.05) is 31.2 Å².